The van der Waals surface area contributed by atoms with Gasteiger partial charge in [0, 0.05) is 38.2 Å². The van der Waals surface area contributed by atoms with E-state index >= 15 is 0 Å². The van der Waals surface area contributed by atoms with Crippen molar-refractivity contribution in [2.45, 2.75) is 0 Å². The van der Waals surface area contributed by atoms with Crippen LogP contribution in [0.5, 0.6) is 0 Å². The van der Waals surface area contributed by atoms with Crippen LogP contribution in [0.2, 0.25) is 0 Å². The fraction of sp³-hybridized carbons (Fsp3) is 0.0690. The fourth-order valence-corrected chi connectivity index (χ4v) is 6.09. The first-order valence-corrected chi connectivity index (χ1v) is 12.5. The molecule has 1 aliphatic carbocycles. The lowest BCUT2D eigenvalue weighted by molar-refractivity contribution is 0.0942. The van der Waals surface area contributed by atoms with Gasteiger partial charge in [-0.3, -0.25) is 23.5 Å². The summed E-state index contributed by atoms with van der Waals surface area (Å²) >= 11 is 12.2. The maximum Gasteiger partial charge on any atom is 0.246 e. The third kappa shape index (κ3) is 2.49. The first-order chi connectivity index (χ1) is 17.6. The summed E-state index contributed by atoms with van der Waals surface area (Å²) in [6.07, 6.45) is 0. The topological polar surface area (TPSA) is 61.1 Å². The standard InChI is InChI=1S/C29H16Cl2N2O3/c30-13-21(34)32-19-11-5-3-9-17(19)24-26-23(15-7-1-2-8-16(15)29(26)36)27-25(28(24)32)18-10-4-6-12-20(18)33(27)22(35)14-31/h1-12H,13-14H2. The maximum absolute atomic E-state index is 14.0. The number of ketones is 1. The van der Waals surface area contributed by atoms with Crippen molar-refractivity contribution in [2.24, 2.45) is 0 Å². The van der Waals surface area contributed by atoms with E-state index < -0.39 is 0 Å². The average molecular weight is 511 g/mol. The van der Waals surface area contributed by atoms with Gasteiger partial charge in [0.15, 0.2) is 5.78 Å². The molecule has 0 amide bonds. The average Bonchev–Trinajstić information content (AvgIpc) is 3.54. The highest BCUT2D eigenvalue weighted by Gasteiger charge is 2.36. The van der Waals surface area contributed by atoms with Gasteiger partial charge >= 0.3 is 0 Å². The number of alkyl halides is 2. The molecule has 6 aromatic rings. The summed E-state index contributed by atoms with van der Waals surface area (Å²) < 4.78 is 3.19. The Morgan fingerprint density at radius 2 is 1.11 bits per heavy atom. The highest BCUT2D eigenvalue weighted by molar-refractivity contribution is 6.42. The summed E-state index contributed by atoms with van der Waals surface area (Å²) in [4.78, 5) is 40.6. The number of hydrogen-bond acceptors (Lipinski definition) is 3. The number of para-hydroxylation sites is 2. The molecule has 2 aromatic heterocycles. The van der Waals surface area contributed by atoms with E-state index in [2.05, 4.69) is 0 Å². The van der Waals surface area contributed by atoms with E-state index in [1.807, 2.05) is 66.7 Å². The Kier molecular flexibility index (Phi) is 4.47. The van der Waals surface area contributed by atoms with E-state index in [0.29, 0.717) is 44.1 Å². The Labute approximate surface area is 214 Å². The van der Waals surface area contributed by atoms with Crippen LogP contribution in [0.1, 0.15) is 25.5 Å². The summed E-state index contributed by atoms with van der Waals surface area (Å²) in [6.45, 7) is 0. The highest BCUT2D eigenvalue weighted by Crippen LogP contribution is 2.51. The molecule has 0 spiro atoms. The van der Waals surface area contributed by atoms with Crippen LogP contribution in [-0.4, -0.2) is 38.5 Å². The molecule has 0 N–H and O–H groups in total. The lowest BCUT2D eigenvalue weighted by Gasteiger charge is -2.11. The Morgan fingerprint density at radius 1 is 0.611 bits per heavy atom. The number of benzene rings is 4. The number of carbonyl (C=O) groups is 3. The van der Waals surface area contributed by atoms with Crippen LogP contribution < -0.4 is 0 Å². The van der Waals surface area contributed by atoms with Crippen molar-refractivity contribution in [3.63, 3.8) is 0 Å². The Hall–Kier alpha value is -3.93. The minimum Gasteiger partial charge on any atom is -0.289 e. The van der Waals surface area contributed by atoms with Gasteiger partial charge < -0.3 is 0 Å². The number of hydrogen-bond donors (Lipinski definition) is 0. The molecule has 7 rings (SSSR count). The van der Waals surface area contributed by atoms with Crippen LogP contribution in [-0.2, 0) is 0 Å². The van der Waals surface area contributed by atoms with Gasteiger partial charge in [-0.15, -0.1) is 23.2 Å². The number of nitrogens with zero attached hydrogens (tertiary/aromatic N) is 2. The van der Waals surface area contributed by atoms with E-state index in [1.165, 1.54) is 0 Å². The van der Waals surface area contributed by atoms with Crippen molar-refractivity contribution in [3.8, 4) is 11.1 Å². The van der Waals surface area contributed by atoms with Crippen molar-refractivity contribution < 1.29 is 14.4 Å². The van der Waals surface area contributed by atoms with E-state index in [0.717, 1.165) is 21.7 Å². The zero-order valence-corrected chi connectivity index (χ0v) is 20.2. The minimum absolute atomic E-state index is 0.135. The summed E-state index contributed by atoms with van der Waals surface area (Å²) in [5, 5.41) is 2.98. The number of halogens is 2. The van der Waals surface area contributed by atoms with E-state index in [-0.39, 0.29) is 29.4 Å². The van der Waals surface area contributed by atoms with Gasteiger partial charge in [-0.1, -0.05) is 60.7 Å². The predicted octanol–water partition coefficient (Wildman–Crippen LogP) is 6.87. The Balaban J connectivity index is 1.91. The van der Waals surface area contributed by atoms with Crippen molar-refractivity contribution in [1.29, 1.82) is 0 Å². The molecule has 0 saturated carbocycles. The van der Waals surface area contributed by atoms with Gasteiger partial charge in [0.05, 0.1) is 22.1 Å². The van der Waals surface area contributed by atoms with Crippen LogP contribution in [0.25, 0.3) is 54.7 Å². The quantitative estimate of drug-likeness (QED) is 0.238. The van der Waals surface area contributed by atoms with Crippen LogP contribution in [0, 0.1) is 0 Å². The van der Waals surface area contributed by atoms with Crippen LogP contribution in [0.3, 0.4) is 0 Å². The molecule has 174 valence electrons. The molecular weight excluding hydrogens is 495 g/mol. The molecule has 0 fully saturated rings. The smallest absolute Gasteiger partial charge is 0.246 e. The molecule has 0 atom stereocenters. The van der Waals surface area contributed by atoms with Crippen molar-refractivity contribution in [1.82, 2.24) is 9.13 Å². The van der Waals surface area contributed by atoms with Crippen LogP contribution >= 0.6 is 23.2 Å². The SMILES string of the molecule is O=C1c2ccccc2-c2c1c1c3ccccc3n(C(=O)CCl)c1c1c3ccccc3n(C(=O)CCl)c21. The fourth-order valence-electron chi connectivity index (χ4n) is 5.85. The third-order valence-electron chi connectivity index (χ3n) is 7.12. The summed E-state index contributed by atoms with van der Waals surface area (Å²) in [5.74, 6) is -1.23. The second-order valence-corrected chi connectivity index (χ2v) is 9.37. The van der Waals surface area contributed by atoms with Gasteiger partial charge in [0.1, 0.15) is 11.8 Å². The largest absolute Gasteiger partial charge is 0.289 e. The van der Waals surface area contributed by atoms with Crippen LogP contribution in [0.4, 0.5) is 0 Å². The number of aromatic nitrogens is 2. The molecule has 0 saturated heterocycles. The second-order valence-electron chi connectivity index (χ2n) is 8.83. The molecule has 1 aliphatic rings. The third-order valence-corrected chi connectivity index (χ3v) is 7.58. The number of carbonyl (C=O) groups excluding carboxylic acids is 3. The molecule has 36 heavy (non-hydrogen) atoms. The molecule has 4 aromatic carbocycles. The van der Waals surface area contributed by atoms with Gasteiger partial charge in [-0.2, -0.15) is 0 Å². The molecule has 0 aliphatic heterocycles. The van der Waals surface area contributed by atoms with Crippen molar-refractivity contribution >= 4 is 84.4 Å². The molecular formula is C29H16Cl2N2O3. The first-order valence-electron chi connectivity index (χ1n) is 11.4. The summed E-state index contributed by atoms with van der Waals surface area (Å²) in [5.41, 5.74) is 4.99. The zero-order valence-electron chi connectivity index (χ0n) is 18.7. The van der Waals surface area contributed by atoms with Gasteiger partial charge in [0.25, 0.3) is 0 Å². The number of fused-ring (bicyclic) bond motifs is 12. The Bertz CT molecular complexity index is 1980. The summed E-state index contributed by atoms with van der Waals surface area (Å²) in [7, 11) is 0. The minimum atomic E-state index is -0.312. The lowest BCUT2D eigenvalue weighted by Crippen LogP contribution is -2.13. The van der Waals surface area contributed by atoms with Crippen molar-refractivity contribution in [3.05, 3.63) is 83.9 Å². The monoisotopic (exact) mass is 510 g/mol. The number of rotatable bonds is 2. The predicted molar refractivity (Wildman–Crippen MR) is 144 cm³/mol. The van der Waals surface area contributed by atoms with Gasteiger partial charge in [-0.25, -0.2) is 0 Å². The Morgan fingerprint density at radius 3 is 1.72 bits per heavy atom. The van der Waals surface area contributed by atoms with E-state index in [9.17, 15) is 14.4 Å². The summed E-state index contributed by atoms with van der Waals surface area (Å²) in [6, 6.07) is 22.5. The van der Waals surface area contributed by atoms with Crippen LogP contribution in [0.15, 0.2) is 72.8 Å². The van der Waals surface area contributed by atoms with Gasteiger partial charge in [0.2, 0.25) is 11.8 Å². The first kappa shape index (κ1) is 21.4. The normalized spacial score (nSPS) is 12.7. The molecule has 0 unspecified atom stereocenters. The molecule has 0 bridgehead atoms. The molecule has 2 heterocycles. The molecule has 0 radical (unpaired) electrons. The zero-order chi connectivity index (χ0) is 24.7. The van der Waals surface area contributed by atoms with E-state index in [1.54, 1.807) is 15.2 Å². The second kappa shape index (κ2) is 7.53. The van der Waals surface area contributed by atoms with Gasteiger partial charge in [-0.05, 0) is 17.7 Å². The lowest BCUT2D eigenvalue weighted by atomic mass is 9.96. The molecule has 7 heteroatoms. The van der Waals surface area contributed by atoms with E-state index in [4.69, 9.17) is 23.2 Å². The highest BCUT2D eigenvalue weighted by atomic mass is 35.5. The molecule has 5 nitrogen and oxygen atoms in total. The maximum atomic E-state index is 14.0. The van der Waals surface area contributed by atoms with Crippen molar-refractivity contribution in [2.75, 3.05) is 11.8 Å².